The number of carbonyl (C=O) groups is 3. The highest BCUT2D eigenvalue weighted by Crippen LogP contribution is 2.54. The quantitative estimate of drug-likeness (QED) is 0.376. The number of carbonyl (C=O) groups excluding carboxylic acids is 3. The first-order valence-corrected chi connectivity index (χ1v) is 16.5. The fraction of sp³-hybridized carbons (Fsp3) is 0.467. The highest BCUT2D eigenvalue weighted by atomic mass is 32.3. The molecule has 3 aromatic rings. The minimum absolute atomic E-state index is 0.0653. The smallest absolute Gasteiger partial charge is 0.255 e. The van der Waals surface area contributed by atoms with Crippen LogP contribution in [0.5, 0.6) is 0 Å². The molecule has 0 saturated carbocycles. The normalized spacial score (nSPS) is 27.8. The molecule has 3 N–H and O–H groups in total. The van der Waals surface area contributed by atoms with Gasteiger partial charge in [-0.05, 0) is 36.2 Å². The van der Waals surface area contributed by atoms with E-state index in [4.69, 9.17) is 9.72 Å². The second kappa shape index (κ2) is 9.83. The van der Waals surface area contributed by atoms with Gasteiger partial charge in [-0.3, -0.25) is 33.7 Å². The lowest BCUT2D eigenvalue weighted by molar-refractivity contribution is -0.136. The van der Waals surface area contributed by atoms with E-state index in [9.17, 15) is 23.5 Å². The molecule has 11 nitrogen and oxygen atoms in total. The molecule has 13 heteroatoms. The van der Waals surface area contributed by atoms with E-state index in [0.717, 1.165) is 37.3 Å². The maximum absolute atomic E-state index is 16.3. The third kappa shape index (κ3) is 4.48. The first kappa shape index (κ1) is 27.2. The third-order valence-corrected chi connectivity index (χ3v) is 11.6. The van der Waals surface area contributed by atoms with Crippen LogP contribution in [-0.4, -0.2) is 90.0 Å². The van der Waals surface area contributed by atoms with Gasteiger partial charge >= 0.3 is 0 Å². The zero-order chi connectivity index (χ0) is 29.6. The van der Waals surface area contributed by atoms with E-state index in [1.165, 1.54) is 4.90 Å². The standard InChI is InChI=1S/C30H32FN5O6S/c31-27-22(2-1-21-23(27)11-36(30(21)39)25-3-4-26(37)33-29(25)38)24-7-16(8-34-9-17-12-42-13-18(17)10-34)20-5-6-35(28(20)32-24)19-14-43(40,41)15-19/h1-2,5-7,17-19,25,40-41H,3-4,8-15H2,(H,33,37,38). The van der Waals surface area contributed by atoms with E-state index >= 15 is 4.39 Å². The minimum Gasteiger partial charge on any atom is -0.381 e. The van der Waals surface area contributed by atoms with Crippen LogP contribution in [0.25, 0.3) is 22.3 Å². The molecule has 5 aliphatic rings. The predicted molar refractivity (Wildman–Crippen MR) is 156 cm³/mol. The Kier molecular flexibility index (Phi) is 6.22. The van der Waals surface area contributed by atoms with Crippen LogP contribution in [0.15, 0.2) is 30.5 Å². The van der Waals surface area contributed by atoms with Gasteiger partial charge in [-0.15, -0.1) is 0 Å². The van der Waals surface area contributed by atoms with Crippen molar-refractivity contribution < 1.29 is 32.6 Å². The first-order chi connectivity index (χ1) is 20.6. The van der Waals surface area contributed by atoms with Gasteiger partial charge in [0.1, 0.15) is 17.5 Å². The van der Waals surface area contributed by atoms with Gasteiger partial charge in [0.25, 0.3) is 5.91 Å². The van der Waals surface area contributed by atoms with Crippen molar-refractivity contribution in [1.82, 2.24) is 24.7 Å². The number of rotatable bonds is 5. The van der Waals surface area contributed by atoms with Gasteiger partial charge < -0.3 is 14.2 Å². The summed E-state index contributed by atoms with van der Waals surface area (Å²) >= 11 is 0. The van der Waals surface area contributed by atoms with Crippen molar-refractivity contribution in [2.24, 2.45) is 11.8 Å². The Morgan fingerprint density at radius 1 is 1.07 bits per heavy atom. The number of halogens is 1. The fourth-order valence-corrected chi connectivity index (χ4v) is 8.90. The van der Waals surface area contributed by atoms with Crippen molar-refractivity contribution in [3.63, 3.8) is 0 Å². The lowest BCUT2D eigenvalue weighted by Gasteiger charge is -2.47. The lowest BCUT2D eigenvalue weighted by Crippen LogP contribution is -2.52. The minimum atomic E-state index is -2.58. The maximum Gasteiger partial charge on any atom is 0.255 e. The van der Waals surface area contributed by atoms with Crippen LogP contribution < -0.4 is 5.32 Å². The topological polar surface area (TPSA) is 137 Å². The second-order valence-corrected chi connectivity index (χ2v) is 14.8. The van der Waals surface area contributed by atoms with Crippen molar-refractivity contribution in [2.75, 3.05) is 37.8 Å². The Hall–Kier alpha value is -3.36. The number of piperidine rings is 1. The molecule has 7 heterocycles. The van der Waals surface area contributed by atoms with Crippen LogP contribution in [0.1, 0.15) is 40.4 Å². The van der Waals surface area contributed by atoms with Crippen LogP contribution in [-0.2, 0) is 27.4 Å². The zero-order valence-electron chi connectivity index (χ0n) is 23.4. The number of pyridine rings is 1. The molecule has 2 aromatic heterocycles. The molecule has 43 heavy (non-hydrogen) atoms. The molecular weight excluding hydrogens is 577 g/mol. The summed E-state index contributed by atoms with van der Waals surface area (Å²) in [4.78, 5) is 46.0. The van der Waals surface area contributed by atoms with E-state index < -0.39 is 34.3 Å². The Morgan fingerprint density at radius 3 is 2.53 bits per heavy atom. The molecule has 0 radical (unpaired) electrons. The number of likely N-dealkylation sites (tertiary alicyclic amines) is 1. The van der Waals surface area contributed by atoms with E-state index in [1.54, 1.807) is 12.1 Å². The monoisotopic (exact) mass is 609 g/mol. The highest BCUT2D eigenvalue weighted by molar-refractivity contribution is 8.25. The van der Waals surface area contributed by atoms with E-state index in [2.05, 4.69) is 10.2 Å². The number of nitrogens with one attached hydrogen (secondary N) is 1. The van der Waals surface area contributed by atoms with Crippen LogP contribution in [0.3, 0.4) is 0 Å². The summed E-state index contributed by atoms with van der Waals surface area (Å²) in [5.41, 5.74) is 2.79. The molecule has 4 saturated heterocycles. The summed E-state index contributed by atoms with van der Waals surface area (Å²) in [6.07, 6.45) is 2.25. The predicted octanol–water partition coefficient (Wildman–Crippen LogP) is 2.99. The number of ether oxygens (including phenoxy) is 1. The maximum atomic E-state index is 16.3. The zero-order valence-corrected chi connectivity index (χ0v) is 24.2. The van der Waals surface area contributed by atoms with Gasteiger partial charge in [0.15, 0.2) is 0 Å². The Bertz CT molecular complexity index is 1690. The third-order valence-electron chi connectivity index (χ3n) is 9.72. The molecule has 0 bridgehead atoms. The first-order valence-electron chi connectivity index (χ1n) is 14.7. The molecule has 8 rings (SSSR count). The van der Waals surface area contributed by atoms with Gasteiger partial charge in [-0.2, -0.15) is 10.6 Å². The number of imide groups is 1. The van der Waals surface area contributed by atoms with Crippen molar-refractivity contribution in [2.45, 2.75) is 38.0 Å². The average Bonchev–Trinajstić information content (AvgIpc) is 3.71. The van der Waals surface area contributed by atoms with Crippen LogP contribution >= 0.6 is 10.6 Å². The van der Waals surface area contributed by atoms with Crippen LogP contribution in [0.2, 0.25) is 0 Å². The summed E-state index contributed by atoms with van der Waals surface area (Å²) in [5.74, 6) is -0.346. The molecule has 1 aromatic carbocycles. The molecule has 0 aliphatic carbocycles. The molecule has 3 atom stereocenters. The second-order valence-electron chi connectivity index (χ2n) is 12.5. The van der Waals surface area contributed by atoms with E-state index in [0.29, 0.717) is 29.7 Å². The molecule has 0 spiro atoms. The number of aromatic nitrogens is 2. The summed E-state index contributed by atoms with van der Waals surface area (Å²) in [7, 11) is -2.58. The molecule has 5 aliphatic heterocycles. The van der Waals surface area contributed by atoms with Crippen LogP contribution in [0.4, 0.5) is 4.39 Å². The number of hydrogen-bond acceptors (Lipinski definition) is 8. The van der Waals surface area contributed by atoms with Crippen molar-refractivity contribution in [3.05, 3.63) is 53.0 Å². The Balaban J connectivity index is 1.16. The Morgan fingerprint density at radius 2 is 1.81 bits per heavy atom. The number of fused-ring (bicyclic) bond motifs is 3. The number of amides is 3. The summed E-state index contributed by atoms with van der Waals surface area (Å²) in [6, 6.07) is 6.15. The fourth-order valence-electron chi connectivity index (χ4n) is 7.44. The average molecular weight is 610 g/mol. The number of hydrogen-bond donors (Lipinski definition) is 3. The van der Waals surface area contributed by atoms with Crippen molar-refractivity contribution in [3.8, 4) is 11.3 Å². The van der Waals surface area contributed by atoms with Crippen LogP contribution in [0, 0.1) is 17.7 Å². The lowest BCUT2D eigenvalue weighted by atomic mass is 10.0. The summed E-state index contributed by atoms with van der Waals surface area (Å²) in [5, 5.41) is 3.22. The Labute approximate surface area is 248 Å². The highest BCUT2D eigenvalue weighted by Gasteiger charge is 2.41. The van der Waals surface area contributed by atoms with Gasteiger partial charge in [-0.1, -0.05) is 0 Å². The van der Waals surface area contributed by atoms with Crippen molar-refractivity contribution >= 4 is 39.3 Å². The van der Waals surface area contributed by atoms with Gasteiger partial charge in [0.05, 0.1) is 43.0 Å². The van der Waals surface area contributed by atoms with E-state index in [-0.39, 0.29) is 59.5 Å². The number of benzene rings is 1. The van der Waals surface area contributed by atoms with Gasteiger partial charge in [-0.25, -0.2) is 9.37 Å². The van der Waals surface area contributed by atoms with Gasteiger partial charge in [0, 0.05) is 66.2 Å². The number of nitrogens with zero attached hydrogens (tertiary/aromatic N) is 4. The molecular formula is C30H32FN5O6S. The molecule has 4 fully saturated rings. The van der Waals surface area contributed by atoms with Crippen molar-refractivity contribution in [1.29, 1.82) is 0 Å². The SMILES string of the molecule is O=C1CCC(N2Cc3c(ccc(-c4cc(CN5CC6COCC6C5)c5ccn(C6CS(O)(O)C6)c5n4)c3F)C2=O)C(=O)N1. The molecule has 226 valence electrons. The molecule has 3 unspecified atom stereocenters. The summed E-state index contributed by atoms with van der Waals surface area (Å²) < 4.78 is 44.1. The van der Waals surface area contributed by atoms with Gasteiger partial charge in [0.2, 0.25) is 11.8 Å². The molecule has 3 amide bonds. The largest absolute Gasteiger partial charge is 0.381 e. The summed E-state index contributed by atoms with van der Waals surface area (Å²) in [6.45, 7) is 4.01. The van der Waals surface area contributed by atoms with E-state index in [1.807, 2.05) is 22.9 Å².